The van der Waals surface area contributed by atoms with Crippen molar-refractivity contribution in [2.75, 3.05) is 49.1 Å². The molecule has 11 nitrogen and oxygen atoms in total. The van der Waals surface area contributed by atoms with Gasteiger partial charge in [-0.05, 0) is 67.9 Å². The van der Waals surface area contributed by atoms with Gasteiger partial charge in [0.25, 0.3) is 15.9 Å². The Morgan fingerprint density at radius 1 is 1.00 bits per heavy atom. The van der Waals surface area contributed by atoms with Crippen LogP contribution in [0.15, 0.2) is 84.3 Å². The van der Waals surface area contributed by atoms with Gasteiger partial charge >= 0.3 is 0 Å². The maximum atomic E-state index is 15.2. The number of methoxy groups -OCH3 is 1. The number of benzene rings is 2. The Kier molecular flexibility index (Phi) is 8.33. The third-order valence-electron chi connectivity index (χ3n) is 8.31. The fourth-order valence-electron chi connectivity index (χ4n) is 6.29. The van der Waals surface area contributed by atoms with Crippen molar-refractivity contribution >= 4 is 27.3 Å². The Labute approximate surface area is 266 Å². The van der Waals surface area contributed by atoms with E-state index in [-0.39, 0.29) is 39.8 Å². The minimum absolute atomic E-state index is 0.0728. The molecule has 0 aliphatic carbocycles. The average molecular weight is 643 g/mol. The Bertz CT molecular complexity index is 1920. The molecule has 2 aromatic carbocycles. The second-order valence-corrected chi connectivity index (χ2v) is 12.5. The molecule has 2 aliphatic rings. The number of anilines is 2. The first kappa shape index (κ1) is 30.9. The number of rotatable bonds is 8. The van der Waals surface area contributed by atoms with Crippen LogP contribution in [0.5, 0.6) is 11.5 Å². The fraction of sp³-hybridized carbons (Fsp3) is 0.273. The molecule has 1 unspecified atom stereocenters. The summed E-state index contributed by atoms with van der Waals surface area (Å²) in [4.78, 5) is 27.5. The normalized spacial score (nSPS) is 18.5. The van der Waals surface area contributed by atoms with Crippen molar-refractivity contribution in [1.29, 1.82) is 5.26 Å². The average Bonchev–Trinajstić information content (AvgIpc) is 3.18. The molecular weight excluding hydrogens is 611 g/mol. The lowest BCUT2D eigenvalue weighted by Gasteiger charge is -2.40. The van der Waals surface area contributed by atoms with E-state index in [1.165, 1.54) is 61.8 Å². The van der Waals surface area contributed by atoms with E-state index < -0.39 is 27.3 Å². The SMILES string of the molecule is CCOc1cc(F)ccc1C1(N2CCCN(c3ccncc3)CC2)C(=O)N(S(=O)(=O)c2ccc(OC)cn2)c2ccc(C#N)cc21. The molecule has 6 rings (SSSR count). The summed E-state index contributed by atoms with van der Waals surface area (Å²) in [5.74, 6) is -0.942. The Morgan fingerprint density at radius 2 is 1.80 bits per heavy atom. The van der Waals surface area contributed by atoms with E-state index in [1.54, 1.807) is 19.3 Å². The van der Waals surface area contributed by atoms with Crippen LogP contribution in [-0.4, -0.2) is 69.1 Å². The first-order chi connectivity index (χ1) is 22.2. The van der Waals surface area contributed by atoms with Crippen molar-refractivity contribution in [2.45, 2.75) is 23.9 Å². The number of amides is 1. The third kappa shape index (κ3) is 5.09. The number of fused-ring (bicyclic) bond motifs is 1. The smallest absolute Gasteiger partial charge is 0.288 e. The van der Waals surface area contributed by atoms with Gasteiger partial charge in [0.15, 0.2) is 10.6 Å². The van der Waals surface area contributed by atoms with Gasteiger partial charge in [-0.1, -0.05) is 0 Å². The minimum Gasteiger partial charge on any atom is -0.495 e. The second kappa shape index (κ2) is 12.4. The maximum Gasteiger partial charge on any atom is 0.288 e. The molecule has 0 N–H and O–H groups in total. The summed E-state index contributed by atoms with van der Waals surface area (Å²) in [7, 11) is -3.15. The molecule has 1 saturated heterocycles. The number of carbonyl (C=O) groups excluding carboxylic acids is 1. The van der Waals surface area contributed by atoms with Crippen molar-refractivity contribution in [2.24, 2.45) is 0 Å². The molecule has 1 amide bonds. The van der Waals surface area contributed by atoms with E-state index in [0.29, 0.717) is 38.3 Å². The van der Waals surface area contributed by atoms with Crippen molar-refractivity contribution in [3.63, 3.8) is 0 Å². The van der Waals surface area contributed by atoms with Crippen molar-refractivity contribution < 1.29 is 27.1 Å². The predicted octanol–water partition coefficient (Wildman–Crippen LogP) is 4.09. The highest BCUT2D eigenvalue weighted by molar-refractivity contribution is 7.93. The van der Waals surface area contributed by atoms with Gasteiger partial charge in [-0.25, -0.2) is 9.37 Å². The molecule has 1 atom stereocenters. The first-order valence-electron chi connectivity index (χ1n) is 14.7. The van der Waals surface area contributed by atoms with Crippen LogP contribution in [0, 0.1) is 17.1 Å². The summed E-state index contributed by atoms with van der Waals surface area (Å²) in [5, 5.41) is 9.57. The predicted molar refractivity (Wildman–Crippen MR) is 168 cm³/mol. The molecule has 2 aromatic heterocycles. The van der Waals surface area contributed by atoms with E-state index in [2.05, 4.69) is 20.9 Å². The molecule has 4 aromatic rings. The van der Waals surface area contributed by atoms with E-state index in [9.17, 15) is 18.1 Å². The van der Waals surface area contributed by atoms with Gasteiger partial charge in [-0.15, -0.1) is 0 Å². The lowest BCUT2D eigenvalue weighted by Crippen LogP contribution is -2.56. The number of nitriles is 1. The Hall–Kier alpha value is -5.06. The summed E-state index contributed by atoms with van der Waals surface area (Å²) in [5.41, 5.74) is 0.0132. The van der Waals surface area contributed by atoms with Crippen molar-refractivity contribution in [1.82, 2.24) is 14.9 Å². The summed E-state index contributed by atoms with van der Waals surface area (Å²) < 4.78 is 55.3. The van der Waals surface area contributed by atoms with Crippen LogP contribution in [0.1, 0.15) is 30.0 Å². The van der Waals surface area contributed by atoms with Crippen LogP contribution >= 0.6 is 0 Å². The second-order valence-electron chi connectivity index (χ2n) is 10.8. The number of hydrogen-bond donors (Lipinski definition) is 0. The Balaban J connectivity index is 1.59. The minimum atomic E-state index is -4.58. The van der Waals surface area contributed by atoms with Gasteiger partial charge < -0.3 is 14.4 Å². The largest absolute Gasteiger partial charge is 0.495 e. The van der Waals surface area contributed by atoms with E-state index >= 15 is 4.79 Å². The number of carbonyl (C=O) groups is 1. The van der Waals surface area contributed by atoms with Crippen LogP contribution in [0.2, 0.25) is 0 Å². The highest BCUT2D eigenvalue weighted by Gasteiger charge is 2.60. The van der Waals surface area contributed by atoms with Gasteiger partial charge in [-0.2, -0.15) is 18.0 Å². The molecule has 4 heterocycles. The third-order valence-corrected chi connectivity index (χ3v) is 9.92. The number of pyridine rings is 2. The number of halogens is 1. The van der Waals surface area contributed by atoms with E-state index in [0.717, 1.165) is 9.99 Å². The number of sulfonamides is 1. The fourth-order valence-corrected chi connectivity index (χ4v) is 7.67. The molecule has 46 heavy (non-hydrogen) atoms. The zero-order chi connectivity index (χ0) is 32.5. The van der Waals surface area contributed by atoms with Gasteiger partial charge in [0, 0.05) is 61.5 Å². The topological polar surface area (TPSA) is 129 Å². The van der Waals surface area contributed by atoms with Crippen molar-refractivity contribution in [3.05, 3.63) is 102 Å². The van der Waals surface area contributed by atoms with Gasteiger partial charge in [0.2, 0.25) is 0 Å². The zero-order valence-electron chi connectivity index (χ0n) is 25.3. The molecule has 0 spiro atoms. The molecule has 1 fully saturated rings. The molecule has 0 bridgehead atoms. The molecule has 2 aliphatic heterocycles. The van der Waals surface area contributed by atoms with Gasteiger partial charge in [0.05, 0.1) is 37.2 Å². The standard InChI is InChI=1S/C33H31FN6O5S/c1-3-45-30-20-24(34)6-8-27(30)33(39-16-4-15-38(17-18-39)25-11-13-36-14-12-25)28-19-23(21-35)5-9-29(28)40(32(33)41)46(42,43)31-10-7-26(44-2)22-37-31/h5-14,19-20,22H,3-4,15-18H2,1-2H3. The maximum absolute atomic E-state index is 15.2. The lowest BCUT2D eigenvalue weighted by atomic mass is 9.80. The van der Waals surface area contributed by atoms with Crippen molar-refractivity contribution in [3.8, 4) is 17.6 Å². The van der Waals surface area contributed by atoms with E-state index in [1.807, 2.05) is 17.0 Å². The Morgan fingerprint density at radius 3 is 2.50 bits per heavy atom. The van der Waals surface area contributed by atoms with Crippen LogP contribution < -0.4 is 18.7 Å². The number of hydrogen-bond acceptors (Lipinski definition) is 10. The summed E-state index contributed by atoms with van der Waals surface area (Å²) in [6, 6.07) is 17.0. The van der Waals surface area contributed by atoms with Crippen LogP contribution in [-0.2, 0) is 20.4 Å². The monoisotopic (exact) mass is 642 g/mol. The summed E-state index contributed by atoms with van der Waals surface area (Å²) in [6.07, 6.45) is 5.30. The van der Waals surface area contributed by atoms with E-state index in [4.69, 9.17) is 9.47 Å². The molecule has 0 radical (unpaired) electrons. The first-order valence-corrected chi connectivity index (χ1v) is 16.2. The number of nitrogens with zero attached hydrogens (tertiary/aromatic N) is 6. The van der Waals surface area contributed by atoms with Crippen LogP contribution in [0.4, 0.5) is 15.8 Å². The van der Waals surface area contributed by atoms with Gasteiger partial charge in [-0.3, -0.25) is 14.7 Å². The summed E-state index contributed by atoms with van der Waals surface area (Å²) in [6.45, 7) is 3.76. The van der Waals surface area contributed by atoms with Gasteiger partial charge in [0.1, 0.15) is 17.3 Å². The van der Waals surface area contributed by atoms with Crippen LogP contribution in [0.25, 0.3) is 0 Å². The highest BCUT2D eigenvalue weighted by atomic mass is 32.2. The molecule has 13 heteroatoms. The van der Waals surface area contributed by atoms with Crippen LogP contribution in [0.3, 0.4) is 0 Å². The number of aromatic nitrogens is 2. The number of ether oxygens (including phenoxy) is 2. The molecule has 236 valence electrons. The molecular formula is C33H31FN6O5S. The highest BCUT2D eigenvalue weighted by Crippen LogP contribution is 2.53. The zero-order valence-corrected chi connectivity index (χ0v) is 26.1. The lowest BCUT2D eigenvalue weighted by molar-refractivity contribution is -0.126. The molecule has 0 saturated carbocycles. The summed E-state index contributed by atoms with van der Waals surface area (Å²) >= 11 is 0. The quantitative estimate of drug-likeness (QED) is 0.277.